The zero-order chi connectivity index (χ0) is 15.4. The van der Waals surface area contributed by atoms with Gasteiger partial charge < -0.3 is 20.7 Å². The van der Waals surface area contributed by atoms with E-state index in [0.717, 1.165) is 5.69 Å². The van der Waals surface area contributed by atoms with Crippen LogP contribution in [0.2, 0.25) is 0 Å². The van der Waals surface area contributed by atoms with Crippen LogP contribution in [0.5, 0.6) is 5.75 Å². The number of carbonyl (C=O) groups is 2. The fourth-order valence-corrected chi connectivity index (χ4v) is 2.33. The summed E-state index contributed by atoms with van der Waals surface area (Å²) in [5, 5.41) is 2.77. The van der Waals surface area contributed by atoms with E-state index < -0.39 is 6.04 Å². The number of rotatable bonds is 5. The van der Waals surface area contributed by atoms with Gasteiger partial charge in [0.2, 0.25) is 11.8 Å². The molecule has 1 fully saturated rings. The molecule has 1 heterocycles. The van der Waals surface area contributed by atoms with Crippen LogP contribution in [0.3, 0.4) is 0 Å². The maximum atomic E-state index is 12.4. The third-order valence-electron chi connectivity index (χ3n) is 3.70. The SMILES string of the molecule is COc1ccccc1N1CCC(NC(=O)C(C)CN)C1=O. The highest BCUT2D eigenvalue weighted by molar-refractivity contribution is 6.02. The lowest BCUT2D eigenvalue weighted by Gasteiger charge is -2.20. The van der Waals surface area contributed by atoms with Gasteiger partial charge in [0.15, 0.2) is 0 Å². The number of carbonyl (C=O) groups excluding carboxylic acids is 2. The molecule has 6 nitrogen and oxygen atoms in total. The van der Waals surface area contributed by atoms with Gasteiger partial charge in [-0.25, -0.2) is 0 Å². The number of nitrogens with zero attached hydrogens (tertiary/aromatic N) is 1. The number of ether oxygens (including phenoxy) is 1. The molecule has 0 aliphatic carbocycles. The molecule has 1 saturated heterocycles. The van der Waals surface area contributed by atoms with E-state index >= 15 is 0 Å². The lowest BCUT2D eigenvalue weighted by Crippen LogP contribution is -2.44. The van der Waals surface area contributed by atoms with Gasteiger partial charge in [-0.1, -0.05) is 19.1 Å². The average molecular weight is 291 g/mol. The summed E-state index contributed by atoms with van der Waals surface area (Å²) in [6, 6.07) is 6.86. The molecular formula is C15H21N3O3. The molecule has 2 atom stereocenters. The Kier molecular flexibility index (Phi) is 4.80. The van der Waals surface area contributed by atoms with Crippen LogP contribution in [0, 0.1) is 5.92 Å². The van der Waals surface area contributed by atoms with Crippen molar-refractivity contribution in [2.24, 2.45) is 11.7 Å². The molecule has 0 radical (unpaired) electrons. The Balaban J connectivity index is 2.10. The molecule has 1 aliphatic rings. The highest BCUT2D eigenvalue weighted by atomic mass is 16.5. The number of nitrogens with two attached hydrogens (primary N) is 1. The van der Waals surface area contributed by atoms with E-state index in [9.17, 15) is 9.59 Å². The average Bonchev–Trinajstić information content (AvgIpc) is 2.87. The normalized spacial score (nSPS) is 19.5. The zero-order valence-corrected chi connectivity index (χ0v) is 12.3. The van der Waals surface area contributed by atoms with Gasteiger partial charge in [0, 0.05) is 19.0 Å². The van der Waals surface area contributed by atoms with Gasteiger partial charge in [0.25, 0.3) is 0 Å². The van der Waals surface area contributed by atoms with Gasteiger partial charge in [-0.15, -0.1) is 0 Å². The minimum absolute atomic E-state index is 0.114. The van der Waals surface area contributed by atoms with Crippen molar-refractivity contribution in [1.29, 1.82) is 0 Å². The molecule has 1 aromatic carbocycles. The number of hydrogen-bond acceptors (Lipinski definition) is 4. The van der Waals surface area contributed by atoms with Gasteiger partial charge in [-0.05, 0) is 18.6 Å². The molecule has 0 saturated carbocycles. The van der Waals surface area contributed by atoms with Crippen LogP contribution in [0.4, 0.5) is 5.69 Å². The maximum Gasteiger partial charge on any atom is 0.249 e. The Bertz CT molecular complexity index is 533. The summed E-state index contributed by atoms with van der Waals surface area (Å²) in [5.74, 6) is 0.0565. The van der Waals surface area contributed by atoms with Crippen molar-refractivity contribution in [2.45, 2.75) is 19.4 Å². The summed E-state index contributed by atoms with van der Waals surface area (Å²) < 4.78 is 5.28. The van der Waals surface area contributed by atoms with Crippen molar-refractivity contribution in [2.75, 3.05) is 25.1 Å². The van der Waals surface area contributed by atoms with Crippen molar-refractivity contribution in [3.8, 4) is 5.75 Å². The molecule has 0 spiro atoms. The zero-order valence-electron chi connectivity index (χ0n) is 12.3. The molecule has 2 rings (SSSR count). The van der Waals surface area contributed by atoms with Gasteiger partial charge in [-0.3, -0.25) is 9.59 Å². The Hall–Kier alpha value is -2.08. The van der Waals surface area contributed by atoms with E-state index in [0.29, 0.717) is 18.7 Å². The van der Waals surface area contributed by atoms with Gasteiger partial charge in [0.05, 0.1) is 12.8 Å². The van der Waals surface area contributed by atoms with E-state index in [2.05, 4.69) is 5.32 Å². The van der Waals surface area contributed by atoms with E-state index in [4.69, 9.17) is 10.5 Å². The lowest BCUT2D eigenvalue weighted by molar-refractivity contribution is -0.128. The number of benzene rings is 1. The number of anilines is 1. The Morgan fingerprint density at radius 3 is 2.90 bits per heavy atom. The van der Waals surface area contributed by atoms with Crippen LogP contribution < -0.4 is 20.7 Å². The second kappa shape index (κ2) is 6.58. The number of nitrogens with one attached hydrogen (secondary N) is 1. The van der Waals surface area contributed by atoms with Gasteiger partial charge in [-0.2, -0.15) is 0 Å². The third kappa shape index (κ3) is 3.16. The molecule has 2 amide bonds. The summed E-state index contributed by atoms with van der Waals surface area (Å²) in [6.45, 7) is 2.57. The van der Waals surface area contributed by atoms with Crippen molar-refractivity contribution in [3.05, 3.63) is 24.3 Å². The topological polar surface area (TPSA) is 84.7 Å². The Labute approximate surface area is 124 Å². The summed E-state index contributed by atoms with van der Waals surface area (Å²) in [5.41, 5.74) is 6.20. The predicted octanol–water partition coefficient (Wildman–Crippen LogP) is 0.511. The van der Waals surface area contributed by atoms with Crippen LogP contribution >= 0.6 is 0 Å². The van der Waals surface area contributed by atoms with E-state index in [-0.39, 0.29) is 24.3 Å². The summed E-state index contributed by atoms with van der Waals surface area (Å²) in [6.07, 6.45) is 0.583. The number of hydrogen-bond donors (Lipinski definition) is 2. The first kappa shape index (κ1) is 15.3. The standard InChI is InChI=1S/C15H21N3O3/c1-10(9-16)14(19)17-11-7-8-18(15(11)20)12-5-3-4-6-13(12)21-2/h3-6,10-11H,7-9,16H2,1-2H3,(H,17,19). The second-order valence-corrected chi connectivity index (χ2v) is 5.15. The summed E-state index contributed by atoms with van der Waals surface area (Å²) >= 11 is 0. The molecule has 21 heavy (non-hydrogen) atoms. The first-order chi connectivity index (χ1) is 10.1. The van der Waals surface area contributed by atoms with Crippen LogP contribution in [0.15, 0.2) is 24.3 Å². The molecular weight excluding hydrogens is 270 g/mol. The molecule has 0 aromatic heterocycles. The van der Waals surface area contributed by atoms with Crippen LogP contribution in [-0.2, 0) is 9.59 Å². The molecule has 6 heteroatoms. The lowest BCUT2D eigenvalue weighted by atomic mass is 10.1. The van der Waals surface area contributed by atoms with Crippen molar-refractivity contribution < 1.29 is 14.3 Å². The number of para-hydroxylation sites is 2. The van der Waals surface area contributed by atoms with E-state index in [1.807, 2.05) is 24.3 Å². The van der Waals surface area contributed by atoms with Crippen molar-refractivity contribution >= 4 is 17.5 Å². The molecule has 0 bridgehead atoms. The molecule has 3 N–H and O–H groups in total. The minimum atomic E-state index is -0.489. The monoisotopic (exact) mass is 291 g/mol. The Morgan fingerprint density at radius 1 is 1.52 bits per heavy atom. The smallest absolute Gasteiger partial charge is 0.249 e. The Morgan fingerprint density at radius 2 is 2.24 bits per heavy atom. The fraction of sp³-hybridized carbons (Fsp3) is 0.467. The molecule has 114 valence electrons. The first-order valence-electron chi connectivity index (χ1n) is 7.03. The van der Waals surface area contributed by atoms with E-state index in [1.165, 1.54) is 0 Å². The van der Waals surface area contributed by atoms with Crippen molar-refractivity contribution in [3.63, 3.8) is 0 Å². The highest BCUT2D eigenvalue weighted by Gasteiger charge is 2.35. The first-order valence-corrected chi connectivity index (χ1v) is 7.03. The highest BCUT2D eigenvalue weighted by Crippen LogP contribution is 2.30. The van der Waals surface area contributed by atoms with Crippen LogP contribution in [0.1, 0.15) is 13.3 Å². The number of amides is 2. The van der Waals surface area contributed by atoms with Crippen LogP contribution in [-0.4, -0.2) is 38.1 Å². The van der Waals surface area contributed by atoms with Crippen molar-refractivity contribution in [1.82, 2.24) is 5.32 Å². The largest absolute Gasteiger partial charge is 0.495 e. The minimum Gasteiger partial charge on any atom is -0.495 e. The third-order valence-corrected chi connectivity index (χ3v) is 3.70. The molecule has 1 aliphatic heterocycles. The quantitative estimate of drug-likeness (QED) is 0.828. The molecule has 2 unspecified atom stereocenters. The predicted molar refractivity (Wildman–Crippen MR) is 80.1 cm³/mol. The van der Waals surface area contributed by atoms with Gasteiger partial charge in [0.1, 0.15) is 11.8 Å². The van der Waals surface area contributed by atoms with E-state index in [1.54, 1.807) is 18.9 Å². The fourth-order valence-electron chi connectivity index (χ4n) is 2.33. The summed E-state index contributed by atoms with van der Waals surface area (Å²) in [7, 11) is 1.57. The van der Waals surface area contributed by atoms with Gasteiger partial charge >= 0.3 is 0 Å². The molecule has 1 aromatic rings. The van der Waals surface area contributed by atoms with Crippen LogP contribution in [0.25, 0.3) is 0 Å². The number of methoxy groups -OCH3 is 1. The summed E-state index contributed by atoms with van der Waals surface area (Å²) in [4.78, 5) is 25.9. The second-order valence-electron chi connectivity index (χ2n) is 5.15. The maximum absolute atomic E-state index is 12.4.